The van der Waals surface area contributed by atoms with E-state index in [9.17, 15) is 9.59 Å². The van der Waals surface area contributed by atoms with E-state index < -0.39 is 12.0 Å². The lowest BCUT2D eigenvalue weighted by Crippen LogP contribution is -2.42. The molecule has 0 radical (unpaired) electrons. The molecule has 0 aliphatic carbocycles. The van der Waals surface area contributed by atoms with Gasteiger partial charge in [-0.3, -0.25) is 4.79 Å². The van der Waals surface area contributed by atoms with Crippen molar-refractivity contribution in [2.24, 2.45) is 0 Å². The summed E-state index contributed by atoms with van der Waals surface area (Å²) in [5.41, 5.74) is 0.922. The number of hydrogen-bond donors (Lipinski definition) is 2. The van der Waals surface area contributed by atoms with Gasteiger partial charge in [0.15, 0.2) is 0 Å². The van der Waals surface area contributed by atoms with Crippen molar-refractivity contribution in [1.29, 1.82) is 0 Å². The molecule has 2 rings (SSSR count). The number of amides is 1. The second-order valence-electron chi connectivity index (χ2n) is 4.23. The monoisotopic (exact) mass is 324 g/mol. The van der Waals surface area contributed by atoms with Gasteiger partial charge >= 0.3 is 5.97 Å². The zero-order valence-corrected chi connectivity index (χ0v) is 11.8. The van der Waals surface area contributed by atoms with Crippen molar-refractivity contribution >= 4 is 38.7 Å². The van der Waals surface area contributed by atoms with Crippen LogP contribution >= 0.6 is 15.9 Å². The summed E-state index contributed by atoms with van der Waals surface area (Å²) < 4.78 is 2.77. The smallest absolute Gasteiger partial charge is 0.328 e. The molecule has 1 atom stereocenters. The van der Waals surface area contributed by atoms with Crippen LogP contribution in [-0.4, -0.2) is 27.6 Å². The summed E-state index contributed by atoms with van der Waals surface area (Å²) in [5, 5.41) is 12.5. The van der Waals surface area contributed by atoms with Crippen molar-refractivity contribution in [2.75, 3.05) is 0 Å². The Balaban J connectivity index is 2.31. The molecule has 0 saturated heterocycles. The molecule has 1 aromatic heterocycles. The van der Waals surface area contributed by atoms with Gasteiger partial charge in [-0.15, -0.1) is 0 Å². The molecule has 0 aliphatic heterocycles. The number of halogens is 1. The van der Waals surface area contributed by atoms with Gasteiger partial charge in [0.1, 0.15) is 6.04 Å². The van der Waals surface area contributed by atoms with E-state index in [1.165, 1.54) is 6.92 Å². The third-order valence-electron chi connectivity index (χ3n) is 2.82. The minimum Gasteiger partial charge on any atom is -0.480 e. The summed E-state index contributed by atoms with van der Waals surface area (Å²) in [4.78, 5) is 22.1. The fraction of sp³-hybridized carbons (Fsp3) is 0.231. The molecule has 0 bridgehead atoms. The number of benzene rings is 1. The van der Waals surface area contributed by atoms with E-state index in [2.05, 4.69) is 21.2 Å². The second-order valence-corrected chi connectivity index (χ2v) is 5.09. The molecule has 2 aromatic rings. The van der Waals surface area contributed by atoms with Crippen LogP contribution in [0.1, 0.15) is 6.92 Å². The number of aromatic nitrogens is 1. The van der Waals surface area contributed by atoms with Crippen LogP contribution in [-0.2, 0) is 16.1 Å². The number of rotatable bonds is 4. The normalized spacial score (nSPS) is 12.3. The van der Waals surface area contributed by atoms with Crippen molar-refractivity contribution in [3.8, 4) is 0 Å². The summed E-state index contributed by atoms with van der Waals surface area (Å²) in [6.07, 6.45) is 1.81. The summed E-state index contributed by atoms with van der Waals surface area (Å²) in [6, 6.07) is 6.69. The second kappa shape index (κ2) is 5.44. The maximum absolute atomic E-state index is 11.1. The van der Waals surface area contributed by atoms with Crippen LogP contribution in [0.5, 0.6) is 0 Å². The summed E-state index contributed by atoms with van der Waals surface area (Å²) >= 11 is 3.45. The predicted molar refractivity (Wildman–Crippen MR) is 74.9 cm³/mol. The Morgan fingerprint density at radius 3 is 2.79 bits per heavy atom. The lowest BCUT2D eigenvalue weighted by molar-refractivity contribution is -0.141. The Morgan fingerprint density at radius 2 is 2.16 bits per heavy atom. The number of aliphatic carboxylic acids is 1. The van der Waals surface area contributed by atoms with E-state index in [0.717, 1.165) is 15.4 Å². The number of fused-ring (bicyclic) bond motifs is 1. The fourth-order valence-electron chi connectivity index (χ4n) is 1.97. The number of nitrogens with zero attached hydrogens (tertiary/aromatic N) is 1. The Labute approximate surface area is 118 Å². The van der Waals surface area contributed by atoms with Crippen molar-refractivity contribution in [1.82, 2.24) is 9.88 Å². The zero-order valence-electron chi connectivity index (χ0n) is 10.3. The van der Waals surface area contributed by atoms with Crippen molar-refractivity contribution < 1.29 is 14.7 Å². The first-order valence-corrected chi connectivity index (χ1v) is 6.51. The molecule has 1 aromatic carbocycles. The van der Waals surface area contributed by atoms with Gasteiger partial charge in [0.25, 0.3) is 0 Å². The first kappa shape index (κ1) is 13.6. The SMILES string of the molecule is CC(=O)NC(Cn1ccc2c(Br)cccc21)C(=O)O. The van der Waals surface area contributed by atoms with Crippen LogP contribution in [0.3, 0.4) is 0 Å². The molecule has 0 fully saturated rings. The number of carbonyl (C=O) groups excluding carboxylic acids is 1. The molecular formula is C13H13BrN2O3. The molecule has 0 aliphatic rings. The first-order valence-electron chi connectivity index (χ1n) is 5.72. The molecule has 5 nitrogen and oxygen atoms in total. The third kappa shape index (κ3) is 2.96. The fourth-order valence-corrected chi connectivity index (χ4v) is 2.46. The number of carboxylic acid groups (broad SMARTS) is 1. The highest BCUT2D eigenvalue weighted by atomic mass is 79.9. The molecule has 0 saturated carbocycles. The van der Waals surface area contributed by atoms with Crippen molar-refractivity contribution in [3.63, 3.8) is 0 Å². The van der Waals surface area contributed by atoms with Gasteiger partial charge in [0.05, 0.1) is 6.54 Å². The van der Waals surface area contributed by atoms with Crippen LogP contribution in [0.2, 0.25) is 0 Å². The van der Waals surface area contributed by atoms with Gasteiger partial charge in [-0.1, -0.05) is 22.0 Å². The van der Waals surface area contributed by atoms with Gasteiger partial charge in [0.2, 0.25) is 5.91 Å². The van der Waals surface area contributed by atoms with E-state index in [1.807, 2.05) is 35.0 Å². The zero-order chi connectivity index (χ0) is 14.0. The van der Waals surface area contributed by atoms with Gasteiger partial charge in [0, 0.05) is 28.5 Å². The van der Waals surface area contributed by atoms with Gasteiger partial charge in [-0.05, 0) is 18.2 Å². The average molecular weight is 325 g/mol. The topological polar surface area (TPSA) is 71.3 Å². The molecule has 2 N–H and O–H groups in total. The van der Waals surface area contributed by atoms with Gasteiger partial charge in [-0.2, -0.15) is 0 Å². The maximum atomic E-state index is 11.1. The van der Waals surface area contributed by atoms with Gasteiger partial charge in [-0.25, -0.2) is 4.79 Å². The predicted octanol–water partition coefficient (Wildman–Crippen LogP) is 1.99. The van der Waals surface area contributed by atoms with E-state index in [-0.39, 0.29) is 12.5 Å². The van der Waals surface area contributed by atoms with Crippen LogP contribution in [0.15, 0.2) is 34.9 Å². The minimum absolute atomic E-state index is 0.189. The highest BCUT2D eigenvalue weighted by Crippen LogP contribution is 2.24. The highest BCUT2D eigenvalue weighted by Gasteiger charge is 2.19. The number of nitrogens with one attached hydrogen (secondary N) is 1. The van der Waals surface area contributed by atoms with E-state index >= 15 is 0 Å². The average Bonchev–Trinajstić information content (AvgIpc) is 2.72. The summed E-state index contributed by atoms with van der Waals surface area (Å²) in [5.74, 6) is -1.41. The molecule has 6 heteroatoms. The van der Waals surface area contributed by atoms with E-state index in [4.69, 9.17) is 5.11 Å². The van der Waals surface area contributed by atoms with Crippen LogP contribution in [0.4, 0.5) is 0 Å². The lowest BCUT2D eigenvalue weighted by Gasteiger charge is -2.15. The van der Waals surface area contributed by atoms with E-state index in [1.54, 1.807) is 0 Å². The Kier molecular flexibility index (Phi) is 3.90. The quantitative estimate of drug-likeness (QED) is 0.903. The Bertz CT molecular complexity index is 636. The molecule has 0 spiro atoms. The summed E-state index contributed by atoms with van der Waals surface area (Å²) in [7, 11) is 0. The number of hydrogen-bond acceptors (Lipinski definition) is 2. The molecule has 1 amide bonds. The van der Waals surface area contributed by atoms with E-state index in [0.29, 0.717) is 0 Å². The molecule has 100 valence electrons. The molecule has 1 heterocycles. The van der Waals surface area contributed by atoms with Crippen LogP contribution in [0, 0.1) is 0 Å². The molecular weight excluding hydrogens is 312 g/mol. The van der Waals surface area contributed by atoms with Crippen molar-refractivity contribution in [3.05, 3.63) is 34.9 Å². The largest absolute Gasteiger partial charge is 0.480 e. The summed E-state index contributed by atoms with van der Waals surface area (Å²) in [6.45, 7) is 1.50. The Hall–Kier alpha value is -1.82. The number of carbonyl (C=O) groups is 2. The first-order chi connectivity index (χ1) is 8.99. The highest BCUT2D eigenvalue weighted by molar-refractivity contribution is 9.10. The lowest BCUT2D eigenvalue weighted by atomic mass is 10.2. The Morgan fingerprint density at radius 1 is 1.42 bits per heavy atom. The van der Waals surface area contributed by atoms with Crippen LogP contribution < -0.4 is 5.32 Å². The van der Waals surface area contributed by atoms with Crippen molar-refractivity contribution in [2.45, 2.75) is 19.5 Å². The van der Waals surface area contributed by atoms with Crippen LogP contribution in [0.25, 0.3) is 10.9 Å². The third-order valence-corrected chi connectivity index (χ3v) is 3.51. The standard InChI is InChI=1S/C13H13BrN2O3/c1-8(17)15-11(13(18)19)7-16-6-5-9-10(14)3-2-4-12(9)16/h2-6,11H,7H2,1H3,(H,15,17)(H,18,19). The van der Waals surface area contributed by atoms with Gasteiger partial charge < -0.3 is 15.0 Å². The number of carboxylic acids is 1. The minimum atomic E-state index is -1.05. The molecule has 19 heavy (non-hydrogen) atoms. The molecule has 1 unspecified atom stereocenters. The maximum Gasteiger partial charge on any atom is 0.328 e.